The SMILES string of the molecule is CC1Cc2cc([N+](=O)[O-])ccc2N1Cn1nc(Cc2ccccc2)n(C)c1=S. The van der Waals surface area contributed by atoms with Gasteiger partial charge in [0, 0.05) is 37.3 Å². The summed E-state index contributed by atoms with van der Waals surface area (Å²) in [6.45, 7) is 2.64. The fourth-order valence-corrected chi connectivity index (χ4v) is 3.92. The standard InChI is InChI=1S/C20H21N5O2S/c1-14-10-16-12-17(25(26)27)8-9-18(16)23(14)13-24-20(28)22(2)19(21-24)11-15-6-4-3-5-7-15/h3-9,12,14H,10-11,13H2,1-2H3. The van der Waals surface area contributed by atoms with Crippen molar-refractivity contribution in [3.05, 3.63) is 80.4 Å². The maximum Gasteiger partial charge on any atom is 0.269 e. The highest BCUT2D eigenvalue weighted by molar-refractivity contribution is 7.71. The van der Waals surface area contributed by atoms with Crippen molar-refractivity contribution in [2.24, 2.45) is 7.05 Å². The molecule has 0 fully saturated rings. The number of fused-ring (bicyclic) bond motifs is 1. The Hall–Kier alpha value is -3.00. The van der Waals surface area contributed by atoms with Gasteiger partial charge in [-0.15, -0.1) is 0 Å². The molecule has 3 aromatic rings. The summed E-state index contributed by atoms with van der Waals surface area (Å²) in [4.78, 5) is 12.9. The number of hydrogen-bond donors (Lipinski definition) is 0. The second-order valence-electron chi connectivity index (χ2n) is 7.15. The Balaban J connectivity index is 1.61. The summed E-state index contributed by atoms with van der Waals surface area (Å²) in [6, 6.07) is 15.5. The monoisotopic (exact) mass is 395 g/mol. The van der Waals surface area contributed by atoms with Crippen molar-refractivity contribution in [3.8, 4) is 0 Å². The van der Waals surface area contributed by atoms with E-state index in [1.54, 1.807) is 12.1 Å². The van der Waals surface area contributed by atoms with Crippen LogP contribution in [0.5, 0.6) is 0 Å². The first-order chi connectivity index (χ1) is 13.4. The molecule has 1 unspecified atom stereocenters. The van der Waals surface area contributed by atoms with Gasteiger partial charge in [0.15, 0.2) is 4.77 Å². The largest absolute Gasteiger partial charge is 0.349 e. The van der Waals surface area contributed by atoms with Crippen molar-refractivity contribution in [3.63, 3.8) is 0 Å². The lowest BCUT2D eigenvalue weighted by Crippen LogP contribution is -2.32. The summed E-state index contributed by atoms with van der Waals surface area (Å²) in [5, 5.41) is 15.8. The molecule has 1 atom stereocenters. The quantitative estimate of drug-likeness (QED) is 0.373. The third-order valence-corrected chi connectivity index (χ3v) is 5.74. The molecule has 0 saturated heterocycles. The highest BCUT2D eigenvalue weighted by Crippen LogP contribution is 2.35. The second-order valence-corrected chi connectivity index (χ2v) is 7.52. The predicted molar refractivity (Wildman–Crippen MR) is 110 cm³/mol. The molecule has 0 amide bonds. The van der Waals surface area contributed by atoms with E-state index in [0.717, 1.165) is 23.5 Å². The topological polar surface area (TPSA) is 69.1 Å². The average molecular weight is 395 g/mol. The molecule has 8 heteroatoms. The van der Waals surface area contributed by atoms with E-state index in [-0.39, 0.29) is 16.7 Å². The van der Waals surface area contributed by atoms with Crippen LogP contribution in [0.15, 0.2) is 48.5 Å². The summed E-state index contributed by atoms with van der Waals surface area (Å²) in [7, 11) is 1.94. The molecule has 1 aliphatic heterocycles. The van der Waals surface area contributed by atoms with Gasteiger partial charge in [-0.05, 0) is 42.8 Å². The Labute approximate surface area is 168 Å². The van der Waals surface area contributed by atoms with Gasteiger partial charge in [0.1, 0.15) is 12.5 Å². The first kappa shape index (κ1) is 18.4. The zero-order valence-corrected chi connectivity index (χ0v) is 16.6. The fourth-order valence-electron chi connectivity index (χ4n) is 3.71. The van der Waals surface area contributed by atoms with Crippen molar-refractivity contribution in [2.75, 3.05) is 4.90 Å². The van der Waals surface area contributed by atoms with Gasteiger partial charge in [-0.2, -0.15) is 5.10 Å². The lowest BCUT2D eigenvalue weighted by atomic mass is 10.1. The zero-order chi connectivity index (χ0) is 19.8. The minimum absolute atomic E-state index is 0.132. The molecular weight excluding hydrogens is 374 g/mol. The molecule has 144 valence electrons. The summed E-state index contributed by atoms with van der Waals surface area (Å²) < 4.78 is 4.44. The summed E-state index contributed by atoms with van der Waals surface area (Å²) in [5.41, 5.74) is 3.32. The van der Waals surface area contributed by atoms with Crippen LogP contribution in [0.2, 0.25) is 0 Å². The third kappa shape index (κ3) is 3.31. The molecule has 0 N–H and O–H groups in total. The number of rotatable bonds is 5. The highest BCUT2D eigenvalue weighted by Gasteiger charge is 2.28. The molecule has 1 aromatic heterocycles. The summed E-state index contributed by atoms with van der Waals surface area (Å²) in [5.74, 6) is 0.909. The number of anilines is 1. The Bertz CT molecular complexity index is 1090. The van der Waals surface area contributed by atoms with Crippen LogP contribution in [-0.4, -0.2) is 25.3 Å². The van der Waals surface area contributed by atoms with Crippen LogP contribution in [0.25, 0.3) is 0 Å². The average Bonchev–Trinajstić information content (AvgIpc) is 3.13. The fraction of sp³-hybridized carbons (Fsp3) is 0.300. The number of benzene rings is 2. The van der Waals surface area contributed by atoms with Gasteiger partial charge in [0.2, 0.25) is 0 Å². The molecule has 28 heavy (non-hydrogen) atoms. The molecule has 2 heterocycles. The van der Waals surface area contributed by atoms with Gasteiger partial charge in [-0.3, -0.25) is 10.1 Å². The molecule has 0 spiro atoms. The van der Waals surface area contributed by atoms with E-state index in [4.69, 9.17) is 17.3 Å². The lowest BCUT2D eigenvalue weighted by molar-refractivity contribution is -0.384. The van der Waals surface area contributed by atoms with Gasteiger partial charge in [0.25, 0.3) is 5.69 Å². The summed E-state index contributed by atoms with van der Waals surface area (Å²) >= 11 is 5.60. The van der Waals surface area contributed by atoms with Gasteiger partial charge >= 0.3 is 0 Å². The first-order valence-corrected chi connectivity index (χ1v) is 9.55. The van der Waals surface area contributed by atoms with E-state index in [1.807, 2.05) is 40.6 Å². The van der Waals surface area contributed by atoms with E-state index in [9.17, 15) is 10.1 Å². The minimum atomic E-state index is -0.349. The van der Waals surface area contributed by atoms with E-state index in [0.29, 0.717) is 17.9 Å². The Morgan fingerprint density at radius 2 is 2.00 bits per heavy atom. The van der Waals surface area contributed by atoms with Crippen molar-refractivity contribution < 1.29 is 4.92 Å². The highest BCUT2D eigenvalue weighted by atomic mass is 32.1. The number of nitro benzene ring substituents is 1. The smallest absolute Gasteiger partial charge is 0.269 e. The number of non-ortho nitro benzene ring substituents is 1. The number of nitro groups is 1. The van der Waals surface area contributed by atoms with E-state index >= 15 is 0 Å². The Morgan fingerprint density at radius 1 is 1.25 bits per heavy atom. The van der Waals surface area contributed by atoms with E-state index < -0.39 is 0 Å². The third-order valence-electron chi connectivity index (χ3n) is 5.25. The predicted octanol–water partition coefficient (Wildman–Crippen LogP) is 3.86. The first-order valence-electron chi connectivity index (χ1n) is 9.14. The molecule has 0 saturated carbocycles. The minimum Gasteiger partial charge on any atom is -0.349 e. The molecule has 4 rings (SSSR count). The Morgan fingerprint density at radius 3 is 2.71 bits per heavy atom. The normalized spacial score (nSPS) is 15.6. The van der Waals surface area contributed by atoms with Gasteiger partial charge in [-0.25, -0.2) is 4.68 Å². The molecular formula is C20H21N5O2S. The van der Waals surface area contributed by atoms with Crippen molar-refractivity contribution in [2.45, 2.75) is 32.5 Å². The number of aromatic nitrogens is 3. The van der Waals surface area contributed by atoms with Crippen LogP contribution in [0.4, 0.5) is 11.4 Å². The van der Waals surface area contributed by atoms with E-state index in [1.165, 1.54) is 5.56 Å². The molecule has 0 bridgehead atoms. The van der Waals surface area contributed by atoms with Crippen LogP contribution in [-0.2, 0) is 26.6 Å². The molecule has 1 aliphatic rings. The van der Waals surface area contributed by atoms with Crippen molar-refractivity contribution >= 4 is 23.6 Å². The number of hydrogen-bond acceptors (Lipinski definition) is 5. The van der Waals surface area contributed by atoms with Crippen LogP contribution in [0.1, 0.15) is 23.9 Å². The summed E-state index contributed by atoms with van der Waals surface area (Å²) in [6.07, 6.45) is 1.49. The zero-order valence-electron chi connectivity index (χ0n) is 15.8. The lowest BCUT2D eigenvalue weighted by Gasteiger charge is -2.24. The molecule has 0 aliphatic carbocycles. The van der Waals surface area contributed by atoms with Crippen LogP contribution >= 0.6 is 12.2 Å². The van der Waals surface area contributed by atoms with Crippen molar-refractivity contribution in [1.82, 2.24) is 14.3 Å². The van der Waals surface area contributed by atoms with Crippen LogP contribution in [0.3, 0.4) is 0 Å². The maximum absolute atomic E-state index is 11.1. The van der Waals surface area contributed by atoms with Crippen LogP contribution < -0.4 is 4.90 Å². The van der Waals surface area contributed by atoms with Gasteiger partial charge < -0.3 is 9.47 Å². The molecule has 7 nitrogen and oxygen atoms in total. The van der Waals surface area contributed by atoms with Gasteiger partial charge in [-0.1, -0.05) is 30.3 Å². The van der Waals surface area contributed by atoms with Crippen molar-refractivity contribution in [1.29, 1.82) is 0 Å². The Kier molecular flexibility index (Phi) is 4.72. The van der Waals surface area contributed by atoms with Gasteiger partial charge in [0.05, 0.1) is 4.92 Å². The van der Waals surface area contributed by atoms with Crippen LogP contribution in [0, 0.1) is 14.9 Å². The maximum atomic E-state index is 11.1. The second kappa shape index (κ2) is 7.20. The molecule has 0 radical (unpaired) electrons. The molecule has 2 aromatic carbocycles. The number of nitrogens with zero attached hydrogens (tertiary/aromatic N) is 5. The van der Waals surface area contributed by atoms with E-state index in [2.05, 4.69) is 24.0 Å².